The van der Waals surface area contributed by atoms with Gasteiger partial charge in [-0.2, -0.15) is 0 Å². The summed E-state index contributed by atoms with van der Waals surface area (Å²) in [7, 11) is 5.13. The van der Waals surface area contributed by atoms with Crippen LogP contribution in [-0.4, -0.2) is 42.8 Å². The van der Waals surface area contributed by atoms with Gasteiger partial charge >= 0.3 is 0 Å². The molecule has 0 unspecified atom stereocenters. The number of thiocarbonyl (C=S) groups is 1. The predicted octanol–water partition coefficient (Wildman–Crippen LogP) is 3.71. The van der Waals surface area contributed by atoms with E-state index in [-0.39, 0.29) is 11.9 Å². The molecule has 1 saturated heterocycles. The molecule has 1 fully saturated rings. The summed E-state index contributed by atoms with van der Waals surface area (Å²) in [5.41, 5.74) is 0.686. The van der Waals surface area contributed by atoms with Crippen LogP contribution >= 0.6 is 28.1 Å². The zero-order chi connectivity index (χ0) is 20.9. The Labute approximate surface area is 183 Å². The largest absolute Gasteiger partial charge is 0.497 e. The third kappa shape index (κ3) is 3.14. The highest BCUT2D eigenvalue weighted by molar-refractivity contribution is 9.10. The minimum absolute atomic E-state index is 0.0361. The maximum atomic E-state index is 13.3. The van der Waals surface area contributed by atoms with Crippen LogP contribution in [0.2, 0.25) is 0 Å². The number of nitrogens with zero attached hydrogens (tertiary/aromatic N) is 2. The van der Waals surface area contributed by atoms with E-state index in [0.29, 0.717) is 10.9 Å². The van der Waals surface area contributed by atoms with Crippen LogP contribution in [0.1, 0.15) is 18.5 Å². The van der Waals surface area contributed by atoms with Crippen molar-refractivity contribution < 1.29 is 14.3 Å². The minimum Gasteiger partial charge on any atom is -0.497 e. The second-order valence-electron chi connectivity index (χ2n) is 7.51. The van der Waals surface area contributed by atoms with E-state index in [0.717, 1.165) is 21.5 Å². The Bertz CT molecular complexity index is 999. The van der Waals surface area contributed by atoms with Gasteiger partial charge in [-0.15, -0.1) is 0 Å². The molecule has 152 valence electrons. The number of fused-ring (bicyclic) bond motifs is 4. The lowest BCUT2D eigenvalue weighted by Crippen LogP contribution is -2.72. The molecule has 0 aliphatic carbocycles. The molecular formula is C21H22BrN3O3S. The molecule has 2 heterocycles. The maximum Gasteiger partial charge on any atom is 0.233 e. The summed E-state index contributed by atoms with van der Waals surface area (Å²) in [5.74, 6) is 0.876. The van der Waals surface area contributed by atoms with Crippen molar-refractivity contribution >= 4 is 44.9 Å². The summed E-state index contributed by atoms with van der Waals surface area (Å²) in [5, 5.41) is 3.90. The van der Waals surface area contributed by atoms with E-state index in [1.807, 2.05) is 54.3 Å². The number of nitrogens with one attached hydrogen (secondary N) is 1. The molecule has 2 aromatic carbocycles. The van der Waals surface area contributed by atoms with E-state index in [9.17, 15) is 4.79 Å². The van der Waals surface area contributed by atoms with Crippen molar-refractivity contribution in [3.63, 3.8) is 0 Å². The van der Waals surface area contributed by atoms with Gasteiger partial charge in [0.25, 0.3) is 0 Å². The normalized spacial score (nSPS) is 24.9. The summed E-state index contributed by atoms with van der Waals surface area (Å²) < 4.78 is 12.8. The highest BCUT2D eigenvalue weighted by atomic mass is 79.9. The minimum atomic E-state index is -1.01. The van der Waals surface area contributed by atoms with Crippen LogP contribution in [0.5, 0.6) is 11.5 Å². The predicted molar refractivity (Wildman–Crippen MR) is 119 cm³/mol. The molecule has 6 nitrogen and oxygen atoms in total. The Balaban J connectivity index is 1.91. The van der Waals surface area contributed by atoms with E-state index in [1.165, 1.54) is 0 Å². The number of ether oxygens (including phenoxy) is 2. The van der Waals surface area contributed by atoms with E-state index >= 15 is 0 Å². The molecule has 0 radical (unpaired) electrons. The lowest BCUT2D eigenvalue weighted by atomic mass is 9.78. The first-order valence-corrected chi connectivity index (χ1v) is 10.4. The highest BCUT2D eigenvalue weighted by Crippen LogP contribution is 2.50. The van der Waals surface area contributed by atoms with Gasteiger partial charge in [-0.3, -0.25) is 9.69 Å². The van der Waals surface area contributed by atoms with Gasteiger partial charge in [0.2, 0.25) is 5.91 Å². The average molecular weight is 476 g/mol. The Morgan fingerprint density at radius 1 is 1.31 bits per heavy atom. The number of anilines is 1. The number of amides is 1. The number of halogens is 1. The Morgan fingerprint density at radius 3 is 2.76 bits per heavy atom. The Hall–Kier alpha value is -2.32. The Morgan fingerprint density at radius 2 is 2.07 bits per heavy atom. The lowest BCUT2D eigenvalue weighted by Gasteiger charge is -2.56. The molecule has 0 aromatic heterocycles. The third-order valence-corrected chi connectivity index (χ3v) is 6.27. The van der Waals surface area contributed by atoms with Crippen LogP contribution in [0, 0.1) is 5.92 Å². The second kappa shape index (κ2) is 7.18. The standard InChI is InChI=1S/C21H22BrN3O3S/c1-21-17(19(26)24(2)3)18(15-10-12(22)8-9-16(15)28-21)23-20(29)25(21)13-6-5-7-14(11-13)27-4/h5-11,17-18H,1-4H3,(H,23,29)/t17-,18-,21-/m0/s1. The number of carbonyl (C=O) groups excluding carboxylic acids is 1. The quantitative estimate of drug-likeness (QED) is 0.682. The molecule has 2 bridgehead atoms. The van der Waals surface area contributed by atoms with Crippen molar-refractivity contribution in [3.05, 3.63) is 52.5 Å². The van der Waals surface area contributed by atoms with Crippen molar-refractivity contribution in [3.8, 4) is 11.5 Å². The molecule has 1 amide bonds. The van der Waals surface area contributed by atoms with Gasteiger partial charge in [0, 0.05) is 30.2 Å². The number of benzene rings is 2. The molecule has 3 atom stereocenters. The summed E-state index contributed by atoms with van der Waals surface area (Å²) in [6.45, 7) is 1.92. The zero-order valence-electron chi connectivity index (χ0n) is 16.6. The van der Waals surface area contributed by atoms with Gasteiger partial charge in [-0.05, 0) is 49.5 Å². The second-order valence-corrected chi connectivity index (χ2v) is 8.82. The number of carbonyl (C=O) groups is 1. The molecule has 2 aliphatic rings. The van der Waals surface area contributed by atoms with Gasteiger partial charge in [0.05, 0.1) is 18.8 Å². The average Bonchev–Trinajstić information content (AvgIpc) is 2.67. The smallest absolute Gasteiger partial charge is 0.233 e. The monoisotopic (exact) mass is 475 g/mol. The molecule has 2 aromatic rings. The maximum absolute atomic E-state index is 13.3. The van der Waals surface area contributed by atoms with E-state index in [2.05, 4.69) is 21.2 Å². The topological polar surface area (TPSA) is 54.0 Å². The van der Waals surface area contributed by atoms with Crippen LogP contribution in [0.25, 0.3) is 0 Å². The molecule has 0 saturated carbocycles. The van der Waals surface area contributed by atoms with Crippen LogP contribution in [-0.2, 0) is 4.79 Å². The molecule has 8 heteroatoms. The van der Waals surface area contributed by atoms with Gasteiger partial charge < -0.3 is 19.7 Å². The summed E-state index contributed by atoms with van der Waals surface area (Å²) in [4.78, 5) is 16.8. The fourth-order valence-corrected chi connectivity index (χ4v) is 4.94. The van der Waals surface area contributed by atoms with Gasteiger partial charge in [-0.1, -0.05) is 22.0 Å². The lowest BCUT2D eigenvalue weighted by molar-refractivity contribution is -0.144. The van der Waals surface area contributed by atoms with E-state index in [4.69, 9.17) is 21.7 Å². The summed E-state index contributed by atoms with van der Waals surface area (Å²) in [6.07, 6.45) is 0. The van der Waals surface area contributed by atoms with E-state index < -0.39 is 11.6 Å². The Kier molecular flexibility index (Phi) is 4.94. The van der Waals surface area contributed by atoms with Crippen LogP contribution in [0.15, 0.2) is 46.9 Å². The number of hydrogen-bond acceptors (Lipinski definition) is 4. The van der Waals surface area contributed by atoms with Gasteiger partial charge in [-0.25, -0.2) is 0 Å². The first-order chi connectivity index (χ1) is 13.8. The highest BCUT2D eigenvalue weighted by Gasteiger charge is 2.59. The van der Waals surface area contributed by atoms with Gasteiger partial charge in [0.15, 0.2) is 10.8 Å². The first-order valence-electron chi connectivity index (χ1n) is 9.20. The SMILES string of the molecule is COc1cccc(N2C(=S)N[C@H]3c4cc(Br)ccc4O[C@@]2(C)[C@@H]3C(=O)N(C)C)c1. The van der Waals surface area contributed by atoms with Crippen molar-refractivity contribution in [2.75, 3.05) is 26.1 Å². The van der Waals surface area contributed by atoms with Crippen LogP contribution in [0.3, 0.4) is 0 Å². The van der Waals surface area contributed by atoms with Crippen LogP contribution in [0.4, 0.5) is 5.69 Å². The molecule has 0 spiro atoms. The van der Waals surface area contributed by atoms with Crippen LogP contribution < -0.4 is 19.7 Å². The van der Waals surface area contributed by atoms with Crippen molar-refractivity contribution in [2.24, 2.45) is 5.92 Å². The summed E-state index contributed by atoms with van der Waals surface area (Å²) in [6, 6.07) is 13.1. The van der Waals surface area contributed by atoms with Crippen molar-refractivity contribution in [2.45, 2.75) is 18.7 Å². The van der Waals surface area contributed by atoms with Crippen molar-refractivity contribution in [1.82, 2.24) is 10.2 Å². The third-order valence-electron chi connectivity index (χ3n) is 5.48. The van der Waals surface area contributed by atoms with Gasteiger partial charge in [0.1, 0.15) is 17.4 Å². The molecule has 29 heavy (non-hydrogen) atoms. The fourth-order valence-electron chi connectivity index (χ4n) is 4.15. The molecule has 4 rings (SSSR count). The van der Waals surface area contributed by atoms with Crippen molar-refractivity contribution in [1.29, 1.82) is 0 Å². The number of rotatable bonds is 3. The molecule has 1 N–H and O–H groups in total. The molecule has 2 aliphatic heterocycles. The first kappa shape index (κ1) is 20.0. The molecular weight excluding hydrogens is 454 g/mol. The summed E-state index contributed by atoms with van der Waals surface area (Å²) >= 11 is 9.26. The van der Waals surface area contributed by atoms with E-state index in [1.54, 1.807) is 26.1 Å². The zero-order valence-corrected chi connectivity index (χ0v) is 19.0. The fraction of sp³-hybridized carbons (Fsp3) is 0.333. The number of hydrogen-bond donors (Lipinski definition) is 1. The number of methoxy groups -OCH3 is 1.